The molecular weight excluding hydrogens is 272 g/mol. The Bertz CT molecular complexity index is 706. The number of nitrogens with zero attached hydrogens (tertiary/aromatic N) is 1. The Morgan fingerprint density at radius 2 is 2.15 bits per heavy atom. The topological polar surface area (TPSA) is 56.0 Å². The summed E-state index contributed by atoms with van der Waals surface area (Å²) in [6.45, 7) is 0. The maximum atomic E-state index is 9.86. The molecule has 1 unspecified atom stereocenters. The third-order valence-electron chi connectivity index (χ3n) is 3.68. The fourth-order valence-electron chi connectivity index (χ4n) is 2.71. The van der Waals surface area contributed by atoms with Gasteiger partial charge in [0.05, 0.1) is 17.3 Å². The standard InChI is InChI=1S/C16H13ClN2O/c17-11-5-4-10(9-18)15(8-11)19-14-7-6-13-12(14)2-1-3-16(13)20/h1-5,8,14,19-20H,6-7H2. The van der Waals surface area contributed by atoms with Gasteiger partial charge < -0.3 is 10.4 Å². The van der Waals surface area contributed by atoms with Gasteiger partial charge in [0.1, 0.15) is 11.8 Å². The van der Waals surface area contributed by atoms with Crippen molar-refractivity contribution in [2.45, 2.75) is 18.9 Å². The SMILES string of the molecule is N#Cc1ccc(Cl)cc1NC1CCc2c(O)cccc21. The minimum atomic E-state index is 0.0997. The maximum absolute atomic E-state index is 9.86. The summed E-state index contributed by atoms with van der Waals surface area (Å²) in [6, 6.07) is 13.0. The molecule has 4 heteroatoms. The first-order chi connectivity index (χ1) is 9.69. The summed E-state index contributed by atoms with van der Waals surface area (Å²) < 4.78 is 0. The summed E-state index contributed by atoms with van der Waals surface area (Å²) in [5.74, 6) is 0.346. The van der Waals surface area contributed by atoms with Crippen LogP contribution in [-0.4, -0.2) is 5.11 Å². The normalized spacial score (nSPS) is 16.5. The van der Waals surface area contributed by atoms with E-state index in [0.29, 0.717) is 16.3 Å². The molecule has 2 N–H and O–H groups in total. The van der Waals surface area contributed by atoms with Gasteiger partial charge in [0.15, 0.2) is 0 Å². The summed E-state index contributed by atoms with van der Waals surface area (Å²) in [5.41, 5.74) is 3.39. The summed E-state index contributed by atoms with van der Waals surface area (Å²) in [6.07, 6.45) is 1.73. The van der Waals surface area contributed by atoms with Crippen molar-refractivity contribution in [2.24, 2.45) is 0 Å². The zero-order valence-corrected chi connectivity index (χ0v) is 11.5. The van der Waals surface area contributed by atoms with Crippen molar-refractivity contribution < 1.29 is 5.11 Å². The highest BCUT2D eigenvalue weighted by molar-refractivity contribution is 6.30. The van der Waals surface area contributed by atoms with Crippen LogP contribution in [0, 0.1) is 11.3 Å². The van der Waals surface area contributed by atoms with Crippen LogP contribution < -0.4 is 5.32 Å². The van der Waals surface area contributed by atoms with Crippen molar-refractivity contribution in [3.8, 4) is 11.8 Å². The first-order valence-corrected chi connectivity index (χ1v) is 6.84. The quantitative estimate of drug-likeness (QED) is 0.876. The first kappa shape index (κ1) is 12.8. The van der Waals surface area contributed by atoms with Crippen molar-refractivity contribution in [1.82, 2.24) is 0 Å². The lowest BCUT2D eigenvalue weighted by Crippen LogP contribution is -2.08. The van der Waals surface area contributed by atoms with E-state index in [0.717, 1.165) is 29.7 Å². The molecule has 0 bridgehead atoms. The number of fused-ring (bicyclic) bond motifs is 1. The van der Waals surface area contributed by atoms with Crippen molar-refractivity contribution in [3.05, 3.63) is 58.1 Å². The number of phenolic OH excluding ortho intramolecular Hbond substituents is 1. The molecule has 0 spiro atoms. The zero-order valence-electron chi connectivity index (χ0n) is 10.7. The fourth-order valence-corrected chi connectivity index (χ4v) is 2.88. The second-order valence-electron chi connectivity index (χ2n) is 4.88. The molecule has 2 aromatic carbocycles. The molecule has 0 heterocycles. The molecule has 0 aliphatic heterocycles. The highest BCUT2D eigenvalue weighted by Gasteiger charge is 2.25. The predicted molar refractivity (Wildman–Crippen MR) is 79.0 cm³/mol. The number of aromatic hydroxyl groups is 1. The molecule has 0 amide bonds. The average molecular weight is 285 g/mol. The summed E-state index contributed by atoms with van der Waals surface area (Å²) in [7, 11) is 0. The van der Waals surface area contributed by atoms with Gasteiger partial charge in [0, 0.05) is 5.02 Å². The number of nitrogens with one attached hydrogen (secondary N) is 1. The van der Waals surface area contributed by atoms with Crippen LogP contribution in [0.4, 0.5) is 5.69 Å². The average Bonchev–Trinajstić information content (AvgIpc) is 2.84. The zero-order chi connectivity index (χ0) is 14.1. The molecule has 20 heavy (non-hydrogen) atoms. The molecule has 1 aliphatic rings. The molecule has 3 rings (SSSR count). The monoisotopic (exact) mass is 284 g/mol. The van der Waals surface area contributed by atoms with Gasteiger partial charge in [0.2, 0.25) is 0 Å². The van der Waals surface area contributed by atoms with E-state index in [-0.39, 0.29) is 6.04 Å². The molecule has 0 fully saturated rings. The van der Waals surface area contributed by atoms with Gasteiger partial charge in [0.25, 0.3) is 0 Å². The molecule has 0 saturated carbocycles. The van der Waals surface area contributed by atoms with E-state index < -0.39 is 0 Å². The molecule has 3 nitrogen and oxygen atoms in total. The number of anilines is 1. The Hall–Kier alpha value is -2.18. The van der Waals surface area contributed by atoms with E-state index in [4.69, 9.17) is 16.9 Å². The summed E-state index contributed by atoms with van der Waals surface area (Å²) >= 11 is 6.00. The van der Waals surface area contributed by atoms with E-state index in [2.05, 4.69) is 11.4 Å². The van der Waals surface area contributed by atoms with Gasteiger partial charge >= 0.3 is 0 Å². The minimum absolute atomic E-state index is 0.0997. The van der Waals surface area contributed by atoms with E-state index in [9.17, 15) is 5.11 Å². The second-order valence-corrected chi connectivity index (χ2v) is 5.32. The molecule has 0 aromatic heterocycles. The lowest BCUT2D eigenvalue weighted by atomic mass is 10.1. The number of hydrogen-bond donors (Lipinski definition) is 2. The van der Waals surface area contributed by atoms with Gasteiger partial charge in [-0.15, -0.1) is 0 Å². The van der Waals surface area contributed by atoms with E-state index in [1.54, 1.807) is 24.3 Å². The maximum Gasteiger partial charge on any atom is 0.119 e. The van der Waals surface area contributed by atoms with Crippen LogP contribution in [0.15, 0.2) is 36.4 Å². The van der Waals surface area contributed by atoms with Gasteiger partial charge in [-0.1, -0.05) is 23.7 Å². The predicted octanol–water partition coefficient (Wildman–Crippen LogP) is 4.02. The summed E-state index contributed by atoms with van der Waals surface area (Å²) in [5, 5.41) is 23.0. The van der Waals surface area contributed by atoms with Crippen LogP contribution in [-0.2, 0) is 6.42 Å². The van der Waals surface area contributed by atoms with Crippen molar-refractivity contribution in [1.29, 1.82) is 5.26 Å². The van der Waals surface area contributed by atoms with Crippen molar-refractivity contribution >= 4 is 17.3 Å². The van der Waals surface area contributed by atoms with E-state index in [1.165, 1.54) is 0 Å². The van der Waals surface area contributed by atoms with Crippen LogP contribution in [0.25, 0.3) is 0 Å². The van der Waals surface area contributed by atoms with Crippen LogP contribution in [0.3, 0.4) is 0 Å². The van der Waals surface area contributed by atoms with Crippen LogP contribution >= 0.6 is 11.6 Å². The molecule has 100 valence electrons. The Kier molecular flexibility index (Phi) is 3.25. The Labute approximate surface area is 122 Å². The Morgan fingerprint density at radius 3 is 2.95 bits per heavy atom. The number of benzene rings is 2. The molecule has 0 radical (unpaired) electrons. The van der Waals surface area contributed by atoms with Gasteiger partial charge in [-0.05, 0) is 48.2 Å². The third-order valence-corrected chi connectivity index (χ3v) is 3.91. The number of rotatable bonds is 2. The van der Waals surface area contributed by atoms with Crippen molar-refractivity contribution in [2.75, 3.05) is 5.32 Å². The fraction of sp³-hybridized carbons (Fsp3) is 0.188. The lowest BCUT2D eigenvalue weighted by molar-refractivity contribution is 0.469. The van der Waals surface area contributed by atoms with E-state index >= 15 is 0 Å². The van der Waals surface area contributed by atoms with Gasteiger partial charge in [-0.2, -0.15) is 5.26 Å². The highest BCUT2D eigenvalue weighted by Crippen LogP contribution is 2.38. The Morgan fingerprint density at radius 1 is 1.30 bits per heavy atom. The van der Waals surface area contributed by atoms with Gasteiger partial charge in [-0.25, -0.2) is 0 Å². The number of phenols is 1. The molecule has 1 aliphatic carbocycles. The molecule has 2 aromatic rings. The highest BCUT2D eigenvalue weighted by atomic mass is 35.5. The number of hydrogen-bond acceptors (Lipinski definition) is 3. The first-order valence-electron chi connectivity index (χ1n) is 6.46. The minimum Gasteiger partial charge on any atom is -0.508 e. The van der Waals surface area contributed by atoms with E-state index in [1.807, 2.05) is 12.1 Å². The second kappa shape index (κ2) is 5.07. The molecule has 1 atom stereocenters. The van der Waals surface area contributed by atoms with Crippen LogP contribution in [0.2, 0.25) is 5.02 Å². The Balaban J connectivity index is 1.94. The number of nitriles is 1. The van der Waals surface area contributed by atoms with Crippen molar-refractivity contribution in [3.63, 3.8) is 0 Å². The smallest absolute Gasteiger partial charge is 0.119 e. The van der Waals surface area contributed by atoms with Gasteiger partial charge in [-0.3, -0.25) is 0 Å². The lowest BCUT2D eigenvalue weighted by Gasteiger charge is -2.17. The number of halogens is 1. The largest absolute Gasteiger partial charge is 0.508 e. The third kappa shape index (κ3) is 2.19. The summed E-state index contributed by atoms with van der Waals surface area (Å²) in [4.78, 5) is 0. The molecule has 0 saturated heterocycles. The molecular formula is C16H13ClN2O. The van der Waals surface area contributed by atoms with Crippen LogP contribution in [0.5, 0.6) is 5.75 Å². The van der Waals surface area contributed by atoms with Crippen LogP contribution in [0.1, 0.15) is 29.2 Å².